The van der Waals surface area contributed by atoms with E-state index in [1.165, 1.54) is 4.90 Å². The lowest BCUT2D eigenvalue weighted by Gasteiger charge is -2.33. The topological polar surface area (TPSA) is 71.1 Å². The van der Waals surface area contributed by atoms with Gasteiger partial charge >= 0.3 is 0 Å². The molecule has 4 heteroatoms. The van der Waals surface area contributed by atoms with Crippen molar-refractivity contribution in [2.24, 2.45) is 0 Å². The number of hydrogen-bond acceptors (Lipinski definition) is 3. The molecule has 0 amide bonds. The molecule has 0 radical (unpaired) electrons. The van der Waals surface area contributed by atoms with Gasteiger partial charge in [0.05, 0.1) is 5.57 Å². The number of anilines is 1. The third kappa shape index (κ3) is 1.52. The summed E-state index contributed by atoms with van der Waals surface area (Å²) in [4.78, 5) is 1.46. The number of para-hydroxylation sites is 1. The van der Waals surface area contributed by atoms with Crippen LogP contribution in [0.25, 0.3) is 0 Å². The molecular weight excluding hydrogens is 214 g/mol. The molecule has 1 unspecified atom stereocenters. The summed E-state index contributed by atoms with van der Waals surface area (Å²) in [6.45, 7) is 3.27. The van der Waals surface area contributed by atoms with E-state index in [9.17, 15) is 5.11 Å². The Labute approximate surface area is 99.9 Å². The van der Waals surface area contributed by atoms with Crippen molar-refractivity contribution in [3.63, 3.8) is 0 Å². The molecule has 1 atom stereocenters. The molecule has 0 bridgehead atoms. The fourth-order valence-electron chi connectivity index (χ4n) is 2.01. The van der Waals surface area contributed by atoms with Crippen molar-refractivity contribution < 1.29 is 5.11 Å². The van der Waals surface area contributed by atoms with E-state index >= 15 is 0 Å². The van der Waals surface area contributed by atoms with Crippen LogP contribution in [0.5, 0.6) is 0 Å². The SMILES string of the molecule is CC1=C(C#N)C(=N)N(c2ccccc2)C1(C)O. The molecule has 1 aromatic rings. The molecule has 1 aliphatic rings. The molecule has 0 aromatic heterocycles. The fourth-order valence-corrected chi connectivity index (χ4v) is 2.01. The normalized spacial score (nSPS) is 24.1. The minimum atomic E-state index is -1.32. The van der Waals surface area contributed by atoms with Crippen molar-refractivity contribution in [2.45, 2.75) is 19.6 Å². The maximum absolute atomic E-state index is 10.4. The lowest BCUT2D eigenvalue weighted by atomic mass is 10.1. The van der Waals surface area contributed by atoms with Gasteiger partial charge in [-0.05, 0) is 26.0 Å². The van der Waals surface area contributed by atoms with Crippen LogP contribution >= 0.6 is 0 Å². The maximum Gasteiger partial charge on any atom is 0.164 e. The summed E-state index contributed by atoms with van der Waals surface area (Å²) in [5.74, 6) is 0.0428. The number of aliphatic hydroxyl groups is 1. The Morgan fingerprint density at radius 2 is 1.94 bits per heavy atom. The highest BCUT2D eigenvalue weighted by Gasteiger charge is 2.43. The first-order valence-corrected chi connectivity index (χ1v) is 5.28. The van der Waals surface area contributed by atoms with E-state index in [0.29, 0.717) is 11.3 Å². The standard InChI is InChI=1S/C13H13N3O/c1-9-11(8-14)12(15)16(13(9,2)17)10-6-4-3-5-7-10/h3-7,15,17H,1-2H3. The number of nitrogens with one attached hydrogen (secondary N) is 1. The van der Waals surface area contributed by atoms with Crippen molar-refractivity contribution in [1.29, 1.82) is 10.7 Å². The van der Waals surface area contributed by atoms with Crippen LogP contribution in [0, 0.1) is 16.7 Å². The smallest absolute Gasteiger partial charge is 0.164 e. The lowest BCUT2D eigenvalue weighted by molar-refractivity contribution is 0.113. The molecule has 0 saturated carbocycles. The summed E-state index contributed by atoms with van der Waals surface area (Å²) in [5.41, 5.74) is 0.128. The Bertz CT molecular complexity index is 538. The molecule has 17 heavy (non-hydrogen) atoms. The summed E-state index contributed by atoms with van der Waals surface area (Å²) in [6.07, 6.45) is 0. The average molecular weight is 227 g/mol. The quantitative estimate of drug-likeness (QED) is 0.771. The molecule has 4 nitrogen and oxygen atoms in total. The molecule has 0 saturated heterocycles. The van der Waals surface area contributed by atoms with Crippen LogP contribution in [-0.2, 0) is 0 Å². The van der Waals surface area contributed by atoms with Crippen LogP contribution in [-0.4, -0.2) is 16.7 Å². The maximum atomic E-state index is 10.4. The number of benzene rings is 1. The number of amidine groups is 1. The van der Waals surface area contributed by atoms with Crippen LogP contribution in [0.2, 0.25) is 0 Å². The fraction of sp³-hybridized carbons (Fsp3) is 0.231. The first-order chi connectivity index (χ1) is 8.00. The predicted molar refractivity (Wildman–Crippen MR) is 65.6 cm³/mol. The molecule has 0 fully saturated rings. The third-order valence-corrected chi connectivity index (χ3v) is 3.11. The zero-order chi connectivity index (χ0) is 12.6. The monoisotopic (exact) mass is 227 g/mol. The van der Waals surface area contributed by atoms with E-state index < -0.39 is 5.72 Å². The highest BCUT2D eigenvalue weighted by molar-refractivity contribution is 6.14. The Morgan fingerprint density at radius 3 is 2.41 bits per heavy atom. The van der Waals surface area contributed by atoms with Crippen molar-refractivity contribution in [3.8, 4) is 6.07 Å². The number of nitriles is 1. The highest BCUT2D eigenvalue weighted by atomic mass is 16.3. The number of rotatable bonds is 1. The van der Waals surface area contributed by atoms with E-state index in [0.717, 1.165) is 0 Å². The number of nitrogens with zero attached hydrogens (tertiary/aromatic N) is 2. The van der Waals surface area contributed by atoms with Gasteiger partial charge in [-0.2, -0.15) is 5.26 Å². The molecule has 86 valence electrons. The van der Waals surface area contributed by atoms with Crippen LogP contribution < -0.4 is 4.90 Å². The van der Waals surface area contributed by atoms with Gasteiger partial charge in [-0.3, -0.25) is 10.3 Å². The van der Waals surface area contributed by atoms with Crippen molar-refractivity contribution in [3.05, 3.63) is 41.5 Å². The van der Waals surface area contributed by atoms with E-state index in [1.54, 1.807) is 26.0 Å². The lowest BCUT2D eigenvalue weighted by Crippen LogP contribution is -2.45. The van der Waals surface area contributed by atoms with Crippen LogP contribution in [0.3, 0.4) is 0 Å². The van der Waals surface area contributed by atoms with Crippen LogP contribution in [0.15, 0.2) is 41.5 Å². The van der Waals surface area contributed by atoms with Gasteiger partial charge in [-0.25, -0.2) is 0 Å². The van der Waals surface area contributed by atoms with E-state index in [2.05, 4.69) is 0 Å². The molecule has 0 aliphatic carbocycles. The van der Waals surface area contributed by atoms with E-state index in [4.69, 9.17) is 10.7 Å². The van der Waals surface area contributed by atoms with Crippen molar-refractivity contribution in [2.75, 3.05) is 4.90 Å². The van der Waals surface area contributed by atoms with Crippen molar-refractivity contribution in [1.82, 2.24) is 0 Å². The Kier molecular flexibility index (Phi) is 2.49. The van der Waals surface area contributed by atoms with Gasteiger partial charge in [0.15, 0.2) is 5.72 Å². The summed E-state index contributed by atoms with van der Waals surface area (Å²) in [6, 6.07) is 11.1. The molecular formula is C13H13N3O. The Hall–Kier alpha value is -2.12. The van der Waals surface area contributed by atoms with Gasteiger partial charge in [0.1, 0.15) is 11.9 Å². The largest absolute Gasteiger partial charge is 0.367 e. The van der Waals surface area contributed by atoms with Crippen molar-refractivity contribution >= 4 is 11.5 Å². The third-order valence-electron chi connectivity index (χ3n) is 3.11. The average Bonchev–Trinajstić information content (AvgIpc) is 2.47. The molecule has 1 heterocycles. The summed E-state index contributed by atoms with van der Waals surface area (Å²) < 4.78 is 0. The second kappa shape index (κ2) is 3.72. The molecule has 2 N–H and O–H groups in total. The molecule has 1 aromatic carbocycles. The minimum Gasteiger partial charge on any atom is -0.367 e. The Morgan fingerprint density at radius 1 is 1.35 bits per heavy atom. The molecule has 1 aliphatic heterocycles. The summed E-state index contributed by atoms with van der Waals surface area (Å²) in [5, 5.41) is 27.4. The predicted octanol–water partition coefficient (Wildman–Crippen LogP) is 2.03. The van der Waals surface area contributed by atoms with E-state index in [-0.39, 0.29) is 11.4 Å². The van der Waals surface area contributed by atoms with Gasteiger partial charge in [0.2, 0.25) is 0 Å². The zero-order valence-corrected chi connectivity index (χ0v) is 9.73. The second-order valence-electron chi connectivity index (χ2n) is 4.15. The summed E-state index contributed by atoms with van der Waals surface area (Å²) in [7, 11) is 0. The van der Waals surface area contributed by atoms with Gasteiger partial charge in [0.25, 0.3) is 0 Å². The second-order valence-corrected chi connectivity index (χ2v) is 4.15. The first kappa shape index (κ1) is 11.4. The molecule has 0 spiro atoms. The minimum absolute atomic E-state index is 0.0428. The molecule has 2 rings (SSSR count). The Balaban J connectivity index is 2.55. The van der Waals surface area contributed by atoms with Gasteiger partial charge in [0, 0.05) is 11.3 Å². The van der Waals surface area contributed by atoms with Crippen LogP contribution in [0.4, 0.5) is 5.69 Å². The van der Waals surface area contributed by atoms with Gasteiger partial charge in [-0.15, -0.1) is 0 Å². The highest BCUT2D eigenvalue weighted by Crippen LogP contribution is 2.36. The van der Waals surface area contributed by atoms with E-state index in [1.807, 2.05) is 24.3 Å². The van der Waals surface area contributed by atoms with Gasteiger partial charge in [-0.1, -0.05) is 18.2 Å². The van der Waals surface area contributed by atoms with Gasteiger partial charge < -0.3 is 5.11 Å². The first-order valence-electron chi connectivity index (χ1n) is 5.28. The summed E-state index contributed by atoms with van der Waals surface area (Å²) >= 11 is 0. The number of hydrogen-bond donors (Lipinski definition) is 2. The van der Waals surface area contributed by atoms with Crippen LogP contribution in [0.1, 0.15) is 13.8 Å². The zero-order valence-electron chi connectivity index (χ0n) is 9.73.